The molecule has 4 heteroatoms. The van der Waals surface area contributed by atoms with Crippen LogP contribution in [0.3, 0.4) is 0 Å². The highest BCUT2D eigenvalue weighted by Gasteiger charge is 2.13. The first-order chi connectivity index (χ1) is 9.08. The molecule has 0 radical (unpaired) electrons. The maximum Gasteiger partial charge on any atom is 0.123 e. The minimum Gasteiger partial charge on any atom is -0.494 e. The second-order valence-electron chi connectivity index (χ2n) is 4.86. The van der Waals surface area contributed by atoms with Gasteiger partial charge in [-0.15, -0.1) is 0 Å². The molecule has 0 amide bonds. The number of hydrogen-bond donors (Lipinski definition) is 1. The van der Waals surface area contributed by atoms with E-state index < -0.39 is 0 Å². The topological polar surface area (TPSA) is 47.7 Å². The van der Waals surface area contributed by atoms with Gasteiger partial charge in [-0.25, -0.2) is 0 Å². The number of anilines is 1. The average molecular weight is 266 g/mol. The van der Waals surface area contributed by atoms with Crippen molar-refractivity contribution in [1.82, 2.24) is 4.90 Å². The summed E-state index contributed by atoms with van der Waals surface area (Å²) >= 11 is 0. The van der Waals surface area contributed by atoms with Crippen molar-refractivity contribution < 1.29 is 9.47 Å². The van der Waals surface area contributed by atoms with Crippen LogP contribution in [-0.4, -0.2) is 37.8 Å². The molecule has 0 aliphatic carbocycles. The monoisotopic (exact) mass is 266 g/mol. The van der Waals surface area contributed by atoms with E-state index >= 15 is 0 Å². The largest absolute Gasteiger partial charge is 0.494 e. The fraction of sp³-hybridized carbons (Fsp3) is 0.600. The molecule has 19 heavy (non-hydrogen) atoms. The van der Waals surface area contributed by atoms with E-state index in [0.29, 0.717) is 12.6 Å². The molecule has 0 saturated carbocycles. The van der Waals surface area contributed by atoms with Gasteiger partial charge in [0.2, 0.25) is 0 Å². The van der Waals surface area contributed by atoms with E-state index in [4.69, 9.17) is 15.2 Å². The van der Waals surface area contributed by atoms with E-state index in [2.05, 4.69) is 18.7 Å². The lowest BCUT2D eigenvalue weighted by Crippen LogP contribution is -2.33. The number of hydrogen-bond acceptors (Lipinski definition) is 4. The highest BCUT2D eigenvalue weighted by Crippen LogP contribution is 2.23. The first-order valence-electron chi connectivity index (χ1n) is 6.82. The van der Waals surface area contributed by atoms with Crippen molar-refractivity contribution in [3.8, 4) is 5.75 Å². The Morgan fingerprint density at radius 2 is 2.05 bits per heavy atom. The van der Waals surface area contributed by atoms with E-state index in [-0.39, 0.29) is 0 Å². The number of nitrogen functional groups attached to an aromatic ring is 1. The minimum atomic E-state index is 0.450. The second-order valence-corrected chi connectivity index (χ2v) is 4.86. The molecule has 1 aromatic carbocycles. The number of ether oxygens (including phenoxy) is 2. The van der Waals surface area contributed by atoms with E-state index in [1.54, 1.807) is 7.11 Å². The Kier molecular flexibility index (Phi) is 6.67. The first kappa shape index (κ1) is 15.8. The van der Waals surface area contributed by atoms with Crippen molar-refractivity contribution >= 4 is 5.69 Å². The Labute approximate surface area is 116 Å². The second kappa shape index (κ2) is 8.02. The Morgan fingerprint density at radius 1 is 1.32 bits per heavy atom. The predicted octanol–water partition coefficient (Wildman–Crippen LogP) is 2.52. The predicted molar refractivity (Wildman–Crippen MR) is 79.4 cm³/mol. The van der Waals surface area contributed by atoms with Gasteiger partial charge in [-0.2, -0.15) is 0 Å². The van der Waals surface area contributed by atoms with Gasteiger partial charge in [0, 0.05) is 37.5 Å². The summed E-state index contributed by atoms with van der Waals surface area (Å²) in [5, 5.41) is 0. The molecule has 108 valence electrons. The summed E-state index contributed by atoms with van der Waals surface area (Å²) in [7, 11) is 1.73. The number of rotatable bonds is 8. The molecule has 0 saturated heterocycles. The zero-order valence-corrected chi connectivity index (χ0v) is 12.5. The van der Waals surface area contributed by atoms with E-state index in [1.165, 1.54) is 0 Å². The molecular weight excluding hydrogens is 240 g/mol. The van der Waals surface area contributed by atoms with Crippen LogP contribution in [0.25, 0.3) is 0 Å². The zero-order valence-electron chi connectivity index (χ0n) is 12.5. The molecule has 1 rings (SSSR count). The van der Waals surface area contributed by atoms with Crippen molar-refractivity contribution in [3.63, 3.8) is 0 Å². The lowest BCUT2D eigenvalue weighted by atomic mass is 10.1. The number of methoxy groups -OCH3 is 1. The first-order valence-corrected chi connectivity index (χ1v) is 6.82. The summed E-state index contributed by atoms with van der Waals surface area (Å²) in [6.07, 6.45) is 0. The summed E-state index contributed by atoms with van der Waals surface area (Å²) in [5.41, 5.74) is 7.78. The molecule has 0 aliphatic rings. The Bertz CT molecular complexity index is 380. The Morgan fingerprint density at radius 3 is 2.63 bits per heavy atom. The van der Waals surface area contributed by atoms with Crippen molar-refractivity contribution in [2.75, 3.05) is 32.6 Å². The minimum absolute atomic E-state index is 0.450. The lowest BCUT2D eigenvalue weighted by Gasteiger charge is -2.27. The molecule has 0 unspecified atom stereocenters. The van der Waals surface area contributed by atoms with Crippen LogP contribution in [0.1, 0.15) is 26.3 Å². The van der Waals surface area contributed by atoms with Crippen LogP contribution in [0.5, 0.6) is 5.75 Å². The quantitative estimate of drug-likeness (QED) is 0.735. The van der Waals surface area contributed by atoms with E-state index in [1.807, 2.05) is 25.1 Å². The molecule has 0 aliphatic heterocycles. The van der Waals surface area contributed by atoms with Crippen LogP contribution < -0.4 is 10.5 Å². The third kappa shape index (κ3) is 5.09. The highest BCUT2D eigenvalue weighted by molar-refractivity contribution is 5.47. The van der Waals surface area contributed by atoms with Crippen LogP contribution in [0, 0.1) is 0 Å². The SMILES string of the molecule is CCOc1ccc(N)cc1CN(CCOC)C(C)C. The van der Waals surface area contributed by atoms with Crippen molar-refractivity contribution in [3.05, 3.63) is 23.8 Å². The molecule has 0 fully saturated rings. The Hall–Kier alpha value is -1.26. The van der Waals surface area contributed by atoms with Gasteiger partial charge in [0.15, 0.2) is 0 Å². The summed E-state index contributed by atoms with van der Waals surface area (Å²) in [6.45, 7) is 9.47. The third-order valence-electron chi connectivity index (χ3n) is 3.07. The van der Waals surface area contributed by atoms with E-state index in [0.717, 1.165) is 36.7 Å². The summed E-state index contributed by atoms with van der Waals surface area (Å²) in [4.78, 5) is 2.35. The van der Waals surface area contributed by atoms with Crippen LogP contribution in [-0.2, 0) is 11.3 Å². The van der Waals surface area contributed by atoms with Gasteiger partial charge in [0.05, 0.1) is 13.2 Å². The van der Waals surface area contributed by atoms with Gasteiger partial charge >= 0.3 is 0 Å². The average Bonchev–Trinajstić information content (AvgIpc) is 2.37. The number of nitrogens with two attached hydrogens (primary N) is 1. The summed E-state index contributed by atoms with van der Waals surface area (Å²) < 4.78 is 10.8. The van der Waals surface area contributed by atoms with Crippen molar-refractivity contribution in [2.24, 2.45) is 0 Å². The lowest BCUT2D eigenvalue weighted by molar-refractivity contribution is 0.124. The molecule has 0 bridgehead atoms. The summed E-state index contributed by atoms with van der Waals surface area (Å²) in [6, 6.07) is 6.27. The molecule has 0 spiro atoms. The zero-order chi connectivity index (χ0) is 14.3. The Balaban J connectivity index is 2.84. The molecular formula is C15H26N2O2. The van der Waals surface area contributed by atoms with Crippen LogP contribution in [0.2, 0.25) is 0 Å². The fourth-order valence-electron chi connectivity index (χ4n) is 1.97. The maximum atomic E-state index is 5.88. The smallest absolute Gasteiger partial charge is 0.123 e. The third-order valence-corrected chi connectivity index (χ3v) is 3.07. The molecule has 4 nitrogen and oxygen atoms in total. The normalized spacial score (nSPS) is 11.3. The van der Waals surface area contributed by atoms with E-state index in [9.17, 15) is 0 Å². The number of nitrogens with zero attached hydrogens (tertiary/aromatic N) is 1. The van der Waals surface area contributed by atoms with Crippen molar-refractivity contribution in [1.29, 1.82) is 0 Å². The highest BCUT2D eigenvalue weighted by atomic mass is 16.5. The van der Waals surface area contributed by atoms with Crippen molar-refractivity contribution in [2.45, 2.75) is 33.4 Å². The van der Waals surface area contributed by atoms with Gasteiger partial charge in [0.1, 0.15) is 5.75 Å². The molecule has 2 N–H and O–H groups in total. The van der Waals surface area contributed by atoms with Crippen LogP contribution >= 0.6 is 0 Å². The molecule has 0 atom stereocenters. The molecule has 1 aromatic rings. The summed E-state index contributed by atoms with van der Waals surface area (Å²) in [5.74, 6) is 0.916. The van der Waals surface area contributed by atoms with Gasteiger partial charge < -0.3 is 15.2 Å². The standard InChI is InChI=1S/C15H26N2O2/c1-5-19-15-7-6-14(16)10-13(15)11-17(12(2)3)8-9-18-4/h6-7,10,12H,5,8-9,11,16H2,1-4H3. The van der Waals surface area contributed by atoms with Gasteiger partial charge in [-0.05, 0) is 39.0 Å². The van der Waals surface area contributed by atoms with Gasteiger partial charge in [-0.3, -0.25) is 4.90 Å². The maximum absolute atomic E-state index is 5.88. The van der Waals surface area contributed by atoms with Crippen LogP contribution in [0.15, 0.2) is 18.2 Å². The fourth-order valence-corrected chi connectivity index (χ4v) is 1.97. The molecule has 0 aromatic heterocycles. The van der Waals surface area contributed by atoms with Crippen LogP contribution in [0.4, 0.5) is 5.69 Å². The van der Waals surface area contributed by atoms with Gasteiger partial charge in [0.25, 0.3) is 0 Å². The molecule has 0 heterocycles. The van der Waals surface area contributed by atoms with Gasteiger partial charge in [-0.1, -0.05) is 0 Å². The number of benzene rings is 1.